The van der Waals surface area contributed by atoms with Gasteiger partial charge in [-0.1, -0.05) is 73.8 Å². The molecule has 0 saturated heterocycles. The number of ether oxygens (including phenoxy) is 1. The average molecular weight is 324 g/mol. The third-order valence-corrected chi connectivity index (χ3v) is 3.02. The summed E-state index contributed by atoms with van der Waals surface area (Å²) in [4.78, 5) is 21.6. The van der Waals surface area contributed by atoms with E-state index in [1.165, 1.54) is 0 Å². The molecule has 4 nitrogen and oxygen atoms in total. The summed E-state index contributed by atoms with van der Waals surface area (Å²) in [6.07, 6.45) is 0. The largest absolute Gasteiger partial charge is 0.478 e. The molecule has 0 fully saturated rings. The molecule has 2 aromatic rings. The first-order valence-electron chi connectivity index (χ1n) is 7.36. The molecule has 24 heavy (non-hydrogen) atoms. The summed E-state index contributed by atoms with van der Waals surface area (Å²) < 4.78 is 4.82. The van der Waals surface area contributed by atoms with Crippen molar-refractivity contribution in [2.75, 3.05) is 6.61 Å². The Labute approximate surface area is 141 Å². The molecule has 0 aromatic heterocycles. The van der Waals surface area contributed by atoms with Crippen LogP contribution in [0.2, 0.25) is 0 Å². The van der Waals surface area contributed by atoms with Gasteiger partial charge in [0.2, 0.25) is 0 Å². The molecule has 0 aliphatic rings. The highest BCUT2D eigenvalue weighted by molar-refractivity contribution is 6.15. The Morgan fingerprint density at radius 3 is 1.67 bits per heavy atom. The molecular weight excluding hydrogens is 304 g/mol. The number of carbonyl (C=O) groups excluding carboxylic acids is 1. The van der Waals surface area contributed by atoms with Crippen molar-refractivity contribution in [2.24, 2.45) is 0 Å². The predicted molar refractivity (Wildman–Crippen MR) is 95.2 cm³/mol. The molecule has 124 valence electrons. The number of carboxylic acids is 1. The van der Waals surface area contributed by atoms with E-state index in [2.05, 4.69) is 13.2 Å². The van der Waals surface area contributed by atoms with Crippen LogP contribution in [0, 0.1) is 0 Å². The highest BCUT2D eigenvalue weighted by Crippen LogP contribution is 2.12. The number of rotatable bonds is 5. The highest BCUT2D eigenvalue weighted by atomic mass is 16.5. The number of carboxylic acid groups (broad SMARTS) is 1. The maximum Gasteiger partial charge on any atom is 0.338 e. The minimum absolute atomic E-state index is 0.130. The smallest absolute Gasteiger partial charge is 0.338 e. The Morgan fingerprint density at radius 1 is 0.875 bits per heavy atom. The molecule has 0 aliphatic heterocycles. The van der Waals surface area contributed by atoms with Gasteiger partial charge in [0.05, 0.1) is 17.8 Å². The van der Waals surface area contributed by atoms with E-state index in [0.29, 0.717) is 17.7 Å². The van der Waals surface area contributed by atoms with Crippen molar-refractivity contribution in [3.05, 3.63) is 84.9 Å². The fourth-order valence-electron chi connectivity index (χ4n) is 1.74. The maximum absolute atomic E-state index is 11.2. The SMILES string of the molecule is C=C(C(=O)O)c1ccccc1.C=C(C(=O)OCC)c1ccccc1. The zero-order chi connectivity index (χ0) is 17.9. The quantitative estimate of drug-likeness (QED) is 0.666. The molecule has 0 aliphatic carbocycles. The molecule has 0 spiro atoms. The molecule has 4 heteroatoms. The van der Waals surface area contributed by atoms with Gasteiger partial charge in [-0.05, 0) is 18.1 Å². The molecule has 0 saturated carbocycles. The van der Waals surface area contributed by atoms with Gasteiger partial charge < -0.3 is 9.84 Å². The van der Waals surface area contributed by atoms with Gasteiger partial charge in [-0.25, -0.2) is 9.59 Å². The van der Waals surface area contributed by atoms with Crippen LogP contribution in [0.5, 0.6) is 0 Å². The van der Waals surface area contributed by atoms with Crippen LogP contribution in [-0.4, -0.2) is 23.7 Å². The second-order valence-corrected chi connectivity index (χ2v) is 4.71. The molecular formula is C20H20O4. The molecule has 0 unspecified atom stereocenters. The number of aliphatic carboxylic acids is 1. The summed E-state index contributed by atoms with van der Waals surface area (Å²) in [5.74, 6) is -1.33. The van der Waals surface area contributed by atoms with Crippen LogP contribution in [0.4, 0.5) is 0 Å². The van der Waals surface area contributed by atoms with Crippen molar-refractivity contribution in [1.29, 1.82) is 0 Å². The van der Waals surface area contributed by atoms with Gasteiger partial charge in [0, 0.05) is 0 Å². The van der Waals surface area contributed by atoms with Crippen LogP contribution in [0.3, 0.4) is 0 Å². The lowest BCUT2D eigenvalue weighted by molar-refractivity contribution is -0.136. The standard InChI is InChI=1S/C11H12O2.C9H8O2/c1-3-13-11(12)9(2)10-7-5-4-6-8-10;1-7(9(10)11)8-5-3-2-4-6-8/h4-8H,2-3H2,1H3;2-6H,1H2,(H,10,11). The van der Waals surface area contributed by atoms with Crippen LogP contribution >= 0.6 is 0 Å². The number of benzene rings is 2. The van der Waals surface area contributed by atoms with Crippen molar-refractivity contribution < 1.29 is 19.4 Å². The molecule has 2 rings (SSSR count). The zero-order valence-electron chi connectivity index (χ0n) is 13.6. The van der Waals surface area contributed by atoms with E-state index >= 15 is 0 Å². The van der Waals surface area contributed by atoms with Gasteiger partial charge in [-0.2, -0.15) is 0 Å². The van der Waals surface area contributed by atoms with Crippen molar-refractivity contribution in [2.45, 2.75) is 6.92 Å². The highest BCUT2D eigenvalue weighted by Gasteiger charge is 2.08. The molecule has 0 heterocycles. The summed E-state index contributed by atoms with van der Waals surface area (Å²) >= 11 is 0. The average Bonchev–Trinajstić information content (AvgIpc) is 2.62. The van der Waals surface area contributed by atoms with Crippen LogP contribution in [0.15, 0.2) is 73.8 Å². The first-order valence-corrected chi connectivity index (χ1v) is 7.36. The monoisotopic (exact) mass is 324 g/mol. The topological polar surface area (TPSA) is 63.6 Å². The Bertz CT molecular complexity index is 703. The minimum Gasteiger partial charge on any atom is -0.478 e. The summed E-state index contributed by atoms with van der Waals surface area (Å²) in [5, 5.41) is 8.54. The minimum atomic E-state index is -0.976. The van der Waals surface area contributed by atoms with Crippen LogP contribution in [0.25, 0.3) is 11.1 Å². The lowest BCUT2D eigenvalue weighted by Crippen LogP contribution is -2.05. The number of carbonyl (C=O) groups is 2. The molecule has 1 N–H and O–H groups in total. The van der Waals surface area contributed by atoms with E-state index in [1.54, 1.807) is 31.2 Å². The lowest BCUT2D eigenvalue weighted by atomic mass is 10.1. The third-order valence-electron chi connectivity index (χ3n) is 3.02. The first kappa shape index (κ1) is 18.9. The Balaban J connectivity index is 0.000000243. The van der Waals surface area contributed by atoms with Gasteiger partial charge in [0.1, 0.15) is 0 Å². The maximum atomic E-state index is 11.2. The van der Waals surface area contributed by atoms with Crippen molar-refractivity contribution >= 4 is 23.1 Å². The molecule has 0 bridgehead atoms. The van der Waals surface area contributed by atoms with Crippen molar-refractivity contribution in [3.63, 3.8) is 0 Å². The molecule has 0 atom stereocenters. The van der Waals surface area contributed by atoms with Gasteiger partial charge in [-0.15, -0.1) is 0 Å². The Hall–Kier alpha value is -3.14. The summed E-state index contributed by atoms with van der Waals surface area (Å²) in [5.41, 5.74) is 1.99. The second-order valence-electron chi connectivity index (χ2n) is 4.71. The van der Waals surface area contributed by atoms with Gasteiger partial charge in [0.25, 0.3) is 0 Å². The van der Waals surface area contributed by atoms with Crippen LogP contribution in [0.1, 0.15) is 18.1 Å². The number of hydrogen-bond acceptors (Lipinski definition) is 3. The fraction of sp³-hybridized carbons (Fsp3) is 0.100. The zero-order valence-corrected chi connectivity index (χ0v) is 13.6. The van der Waals surface area contributed by atoms with Crippen LogP contribution < -0.4 is 0 Å². The van der Waals surface area contributed by atoms with E-state index in [4.69, 9.17) is 9.84 Å². The second kappa shape index (κ2) is 9.79. The predicted octanol–water partition coefficient (Wildman–Crippen LogP) is 4.05. The fourth-order valence-corrected chi connectivity index (χ4v) is 1.74. The van der Waals surface area contributed by atoms with Crippen molar-refractivity contribution in [3.8, 4) is 0 Å². The lowest BCUT2D eigenvalue weighted by Gasteiger charge is -2.04. The van der Waals surface area contributed by atoms with E-state index in [1.807, 2.05) is 36.4 Å². The summed E-state index contributed by atoms with van der Waals surface area (Å²) in [6, 6.07) is 18.1. The molecule has 0 radical (unpaired) electrons. The number of esters is 1. The van der Waals surface area contributed by atoms with Gasteiger partial charge in [-0.3, -0.25) is 0 Å². The molecule has 0 amide bonds. The van der Waals surface area contributed by atoms with Crippen molar-refractivity contribution in [1.82, 2.24) is 0 Å². The van der Waals surface area contributed by atoms with Gasteiger partial charge >= 0.3 is 11.9 Å². The van der Waals surface area contributed by atoms with E-state index < -0.39 is 5.97 Å². The van der Waals surface area contributed by atoms with E-state index in [-0.39, 0.29) is 11.5 Å². The summed E-state index contributed by atoms with van der Waals surface area (Å²) in [7, 11) is 0. The Kier molecular flexibility index (Phi) is 7.71. The normalized spacial score (nSPS) is 9.21. The van der Waals surface area contributed by atoms with Gasteiger partial charge in [0.15, 0.2) is 0 Å². The molecule has 2 aromatic carbocycles. The third kappa shape index (κ3) is 5.93. The Morgan fingerprint density at radius 2 is 1.29 bits per heavy atom. The summed E-state index contributed by atoms with van der Waals surface area (Å²) in [6.45, 7) is 9.25. The van der Waals surface area contributed by atoms with E-state index in [9.17, 15) is 9.59 Å². The van der Waals surface area contributed by atoms with Crippen LogP contribution in [-0.2, 0) is 14.3 Å². The first-order chi connectivity index (χ1) is 11.5. The van der Waals surface area contributed by atoms with E-state index in [0.717, 1.165) is 5.56 Å². The number of hydrogen-bond donors (Lipinski definition) is 1.